The summed E-state index contributed by atoms with van der Waals surface area (Å²) >= 11 is 1.47. The van der Waals surface area contributed by atoms with Crippen molar-refractivity contribution in [2.75, 3.05) is 0 Å². The monoisotopic (exact) mass is 217 g/mol. The van der Waals surface area contributed by atoms with Gasteiger partial charge in [0.15, 0.2) is 5.82 Å². The lowest BCUT2D eigenvalue weighted by molar-refractivity contribution is 1.16. The Morgan fingerprint density at radius 1 is 1.33 bits per heavy atom. The molecule has 0 aliphatic heterocycles. The standard InChI is InChI=1S/C10H7N3OS/c14-9-6-3-5-15-10(6)13-8(12-9)7-2-1-4-11-7/h1-5,11H,(H,12,13,14). The number of fused-ring (bicyclic) bond motifs is 1. The third-order valence-electron chi connectivity index (χ3n) is 2.19. The van der Waals surface area contributed by atoms with E-state index in [1.54, 1.807) is 12.3 Å². The second kappa shape index (κ2) is 3.06. The highest BCUT2D eigenvalue weighted by Crippen LogP contribution is 2.17. The molecule has 0 bridgehead atoms. The summed E-state index contributed by atoms with van der Waals surface area (Å²) in [5.74, 6) is 0.583. The molecular weight excluding hydrogens is 210 g/mol. The van der Waals surface area contributed by atoms with Crippen LogP contribution < -0.4 is 5.56 Å². The van der Waals surface area contributed by atoms with E-state index in [1.165, 1.54) is 11.3 Å². The van der Waals surface area contributed by atoms with Crippen LogP contribution in [0.4, 0.5) is 0 Å². The van der Waals surface area contributed by atoms with E-state index in [-0.39, 0.29) is 5.56 Å². The first-order valence-corrected chi connectivity index (χ1v) is 5.34. The minimum Gasteiger partial charge on any atom is -0.359 e. The van der Waals surface area contributed by atoms with Gasteiger partial charge in [0.25, 0.3) is 5.56 Å². The summed E-state index contributed by atoms with van der Waals surface area (Å²) < 4.78 is 0. The molecule has 0 aliphatic rings. The zero-order valence-corrected chi connectivity index (χ0v) is 8.47. The summed E-state index contributed by atoms with van der Waals surface area (Å²) in [7, 11) is 0. The van der Waals surface area contributed by atoms with Crippen molar-refractivity contribution in [2.45, 2.75) is 0 Å². The predicted octanol–water partition coefficient (Wildman–Crippen LogP) is 1.98. The van der Waals surface area contributed by atoms with Crippen LogP contribution in [-0.4, -0.2) is 15.0 Å². The molecule has 3 heterocycles. The third kappa shape index (κ3) is 1.28. The summed E-state index contributed by atoms with van der Waals surface area (Å²) in [6.07, 6.45) is 1.80. The number of hydrogen-bond acceptors (Lipinski definition) is 3. The third-order valence-corrected chi connectivity index (χ3v) is 2.99. The van der Waals surface area contributed by atoms with Crippen molar-refractivity contribution < 1.29 is 0 Å². The fourth-order valence-electron chi connectivity index (χ4n) is 1.47. The molecular formula is C10H7N3OS. The van der Waals surface area contributed by atoms with Gasteiger partial charge >= 0.3 is 0 Å². The number of nitrogens with zero attached hydrogens (tertiary/aromatic N) is 1. The lowest BCUT2D eigenvalue weighted by atomic mass is 10.3. The van der Waals surface area contributed by atoms with E-state index in [2.05, 4.69) is 15.0 Å². The molecule has 5 heteroatoms. The lowest BCUT2D eigenvalue weighted by Gasteiger charge is -1.96. The number of thiophene rings is 1. The van der Waals surface area contributed by atoms with Gasteiger partial charge in [-0.2, -0.15) is 0 Å². The molecule has 3 aromatic rings. The molecule has 0 unspecified atom stereocenters. The van der Waals surface area contributed by atoms with Crippen LogP contribution in [0.25, 0.3) is 21.7 Å². The van der Waals surface area contributed by atoms with Gasteiger partial charge in [-0.25, -0.2) is 4.98 Å². The van der Waals surface area contributed by atoms with Gasteiger partial charge in [0.2, 0.25) is 0 Å². The first kappa shape index (κ1) is 8.43. The Morgan fingerprint density at radius 3 is 3.07 bits per heavy atom. The Kier molecular flexibility index (Phi) is 1.72. The molecule has 15 heavy (non-hydrogen) atoms. The molecule has 0 fully saturated rings. The smallest absolute Gasteiger partial charge is 0.259 e. The van der Waals surface area contributed by atoms with Crippen LogP contribution in [0.2, 0.25) is 0 Å². The van der Waals surface area contributed by atoms with E-state index in [1.807, 2.05) is 17.5 Å². The zero-order valence-electron chi connectivity index (χ0n) is 7.65. The molecule has 0 radical (unpaired) electrons. The summed E-state index contributed by atoms with van der Waals surface area (Å²) in [6, 6.07) is 5.52. The Hall–Kier alpha value is -1.88. The van der Waals surface area contributed by atoms with Gasteiger partial charge < -0.3 is 9.97 Å². The Bertz CT molecular complexity index is 651. The highest BCUT2D eigenvalue weighted by atomic mass is 32.1. The van der Waals surface area contributed by atoms with Gasteiger partial charge in [0.1, 0.15) is 4.83 Å². The summed E-state index contributed by atoms with van der Waals surface area (Å²) in [6.45, 7) is 0. The van der Waals surface area contributed by atoms with Crippen molar-refractivity contribution >= 4 is 21.6 Å². The topological polar surface area (TPSA) is 61.5 Å². The Labute approximate surface area is 88.6 Å². The molecule has 2 N–H and O–H groups in total. The summed E-state index contributed by atoms with van der Waals surface area (Å²) in [4.78, 5) is 22.5. The predicted molar refractivity (Wildman–Crippen MR) is 60.0 cm³/mol. The van der Waals surface area contributed by atoms with Crippen molar-refractivity contribution in [1.82, 2.24) is 15.0 Å². The van der Waals surface area contributed by atoms with Crippen LogP contribution >= 0.6 is 11.3 Å². The molecule has 4 nitrogen and oxygen atoms in total. The van der Waals surface area contributed by atoms with E-state index >= 15 is 0 Å². The molecule has 74 valence electrons. The van der Waals surface area contributed by atoms with E-state index in [4.69, 9.17) is 0 Å². The van der Waals surface area contributed by atoms with Gasteiger partial charge in [-0.05, 0) is 23.6 Å². The number of rotatable bonds is 1. The number of hydrogen-bond donors (Lipinski definition) is 2. The van der Waals surface area contributed by atoms with Gasteiger partial charge in [-0.15, -0.1) is 11.3 Å². The van der Waals surface area contributed by atoms with E-state index in [0.29, 0.717) is 11.2 Å². The Morgan fingerprint density at radius 2 is 2.27 bits per heavy atom. The van der Waals surface area contributed by atoms with Crippen LogP contribution in [0, 0.1) is 0 Å². The van der Waals surface area contributed by atoms with Crippen LogP contribution in [0.1, 0.15) is 0 Å². The number of aromatic nitrogens is 3. The fourth-order valence-corrected chi connectivity index (χ4v) is 2.23. The summed E-state index contributed by atoms with van der Waals surface area (Å²) in [5, 5.41) is 2.51. The van der Waals surface area contributed by atoms with Gasteiger partial charge in [0, 0.05) is 6.20 Å². The summed E-state index contributed by atoms with van der Waals surface area (Å²) in [5.41, 5.74) is 0.730. The molecule has 0 spiro atoms. The molecule has 0 aromatic carbocycles. The molecule has 0 aliphatic carbocycles. The Balaban J connectivity index is 2.34. The quantitative estimate of drug-likeness (QED) is 0.654. The SMILES string of the molecule is O=c1[nH]c(-c2ccc[nH]2)nc2sccc12. The van der Waals surface area contributed by atoms with E-state index < -0.39 is 0 Å². The molecule has 3 rings (SSSR count). The van der Waals surface area contributed by atoms with E-state index in [9.17, 15) is 4.79 Å². The molecule has 0 amide bonds. The van der Waals surface area contributed by atoms with E-state index in [0.717, 1.165) is 10.5 Å². The van der Waals surface area contributed by atoms with Crippen LogP contribution in [0.15, 0.2) is 34.6 Å². The van der Waals surface area contributed by atoms with Crippen molar-refractivity contribution in [2.24, 2.45) is 0 Å². The van der Waals surface area contributed by atoms with Gasteiger partial charge in [-0.1, -0.05) is 0 Å². The maximum atomic E-state index is 11.7. The number of aromatic amines is 2. The zero-order chi connectivity index (χ0) is 10.3. The second-order valence-corrected chi connectivity index (χ2v) is 4.03. The van der Waals surface area contributed by atoms with Crippen LogP contribution in [0.3, 0.4) is 0 Å². The second-order valence-electron chi connectivity index (χ2n) is 3.14. The fraction of sp³-hybridized carbons (Fsp3) is 0. The van der Waals surface area contributed by atoms with Crippen LogP contribution in [0.5, 0.6) is 0 Å². The molecule has 3 aromatic heterocycles. The average molecular weight is 217 g/mol. The van der Waals surface area contributed by atoms with Gasteiger partial charge in [0.05, 0.1) is 11.1 Å². The highest BCUT2D eigenvalue weighted by Gasteiger charge is 2.06. The average Bonchev–Trinajstić information content (AvgIpc) is 2.88. The number of H-pyrrole nitrogens is 2. The van der Waals surface area contributed by atoms with Crippen molar-refractivity contribution in [3.63, 3.8) is 0 Å². The maximum Gasteiger partial charge on any atom is 0.259 e. The minimum atomic E-state index is -0.0918. The van der Waals surface area contributed by atoms with Crippen LogP contribution in [-0.2, 0) is 0 Å². The van der Waals surface area contributed by atoms with Gasteiger partial charge in [-0.3, -0.25) is 4.79 Å². The maximum absolute atomic E-state index is 11.7. The van der Waals surface area contributed by atoms with Crippen molar-refractivity contribution in [3.05, 3.63) is 40.1 Å². The highest BCUT2D eigenvalue weighted by molar-refractivity contribution is 7.16. The normalized spacial score (nSPS) is 10.9. The van der Waals surface area contributed by atoms with Crippen molar-refractivity contribution in [3.8, 4) is 11.5 Å². The molecule has 0 saturated carbocycles. The minimum absolute atomic E-state index is 0.0918. The van der Waals surface area contributed by atoms with Crippen molar-refractivity contribution in [1.29, 1.82) is 0 Å². The molecule has 0 saturated heterocycles. The first-order valence-electron chi connectivity index (χ1n) is 4.46. The molecule has 0 atom stereocenters. The first-order chi connectivity index (χ1) is 7.34. The largest absolute Gasteiger partial charge is 0.359 e. The number of nitrogens with one attached hydrogen (secondary N) is 2. The lowest BCUT2D eigenvalue weighted by Crippen LogP contribution is -2.07.